The van der Waals surface area contributed by atoms with Gasteiger partial charge in [-0.15, -0.1) is 0 Å². The summed E-state index contributed by atoms with van der Waals surface area (Å²) in [5, 5.41) is 7.74. The Balaban J connectivity index is 2.23. The molecule has 0 aliphatic heterocycles. The van der Waals surface area contributed by atoms with E-state index in [9.17, 15) is 0 Å². The van der Waals surface area contributed by atoms with Crippen molar-refractivity contribution in [1.29, 1.82) is 0 Å². The molecule has 3 aromatic rings. The van der Waals surface area contributed by atoms with E-state index in [1.54, 1.807) is 0 Å². The van der Waals surface area contributed by atoms with Gasteiger partial charge in [-0.2, -0.15) is 5.10 Å². The van der Waals surface area contributed by atoms with Gasteiger partial charge in [-0.1, -0.05) is 60.1 Å². The van der Waals surface area contributed by atoms with Gasteiger partial charge >= 0.3 is 0 Å². The molecule has 3 N–H and O–H groups in total. The molecule has 0 bridgehead atoms. The van der Waals surface area contributed by atoms with Gasteiger partial charge in [0.1, 0.15) is 0 Å². The first-order valence-electron chi connectivity index (χ1n) is 5.91. The van der Waals surface area contributed by atoms with Crippen molar-refractivity contribution in [3.05, 3.63) is 59.6 Å². The number of halogens is 1. The number of anilines is 1. The molecule has 94 valence electrons. The Kier molecular flexibility index (Phi) is 2.97. The number of nitrogens with one attached hydrogen (secondary N) is 1. The van der Waals surface area contributed by atoms with Crippen LogP contribution in [-0.4, -0.2) is 10.2 Å². The van der Waals surface area contributed by atoms with Crippen LogP contribution in [0, 0.1) is 0 Å². The largest absolute Gasteiger partial charge is 0.382 e. The molecule has 19 heavy (non-hydrogen) atoms. The van der Waals surface area contributed by atoms with Crippen molar-refractivity contribution in [2.24, 2.45) is 0 Å². The Hall–Kier alpha value is -2.26. The molecule has 3 nitrogen and oxygen atoms in total. The van der Waals surface area contributed by atoms with Gasteiger partial charge in [0.05, 0.1) is 11.3 Å². The van der Waals surface area contributed by atoms with Crippen molar-refractivity contribution in [3.8, 4) is 22.4 Å². The maximum absolute atomic E-state index is 6.24. The van der Waals surface area contributed by atoms with Crippen molar-refractivity contribution in [1.82, 2.24) is 10.2 Å². The number of aromatic amines is 1. The van der Waals surface area contributed by atoms with E-state index in [4.69, 9.17) is 17.3 Å². The van der Waals surface area contributed by atoms with E-state index in [0.29, 0.717) is 10.8 Å². The van der Waals surface area contributed by atoms with E-state index in [2.05, 4.69) is 10.2 Å². The Morgan fingerprint density at radius 1 is 0.947 bits per heavy atom. The first kappa shape index (κ1) is 11.8. The topological polar surface area (TPSA) is 54.7 Å². The van der Waals surface area contributed by atoms with Gasteiger partial charge in [0, 0.05) is 10.6 Å². The standard InChI is InChI=1S/C15H12ClN3/c16-12-9-5-4-8-11(12)14-13(15(17)19-18-14)10-6-2-1-3-7-10/h1-9H,(H3,17,18,19). The third kappa shape index (κ3) is 2.09. The second-order valence-electron chi connectivity index (χ2n) is 4.20. The maximum Gasteiger partial charge on any atom is 0.153 e. The molecule has 0 saturated carbocycles. The number of nitrogens with two attached hydrogens (primary N) is 1. The highest BCUT2D eigenvalue weighted by atomic mass is 35.5. The second kappa shape index (κ2) is 4.78. The summed E-state index contributed by atoms with van der Waals surface area (Å²) < 4.78 is 0. The normalized spacial score (nSPS) is 10.6. The highest BCUT2D eigenvalue weighted by Gasteiger charge is 2.16. The molecule has 4 heteroatoms. The highest BCUT2D eigenvalue weighted by molar-refractivity contribution is 6.33. The fraction of sp³-hybridized carbons (Fsp3) is 0. The van der Waals surface area contributed by atoms with Gasteiger partial charge in [0.15, 0.2) is 5.82 Å². The summed E-state index contributed by atoms with van der Waals surface area (Å²) in [6.45, 7) is 0. The summed E-state index contributed by atoms with van der Waals surface area (Å²) in [6.07, 6.45) is 0. The minimum atomic E-state index is 0.473. The Bertz CT molecular complexity index is 704. The Morgan fingerprint density at radius 3 is 2.37 bits per heavy atom. The molecule has 0 unspecified atom stereocenters. The van der Waals surface area contributed by atoms with E-state index in [1.165, 1.54) is 0 Å². The maximum atomic E-state index is 6.24. The molecule has 0 aliphatic carbocycles. The van der Waals surface area contributed by atoms with Gasteiger partial charge in [-0.3, -0.25) is 5.10 Å². The molecule has 0 amide bonds. The van der Waals surface area contributed by atoms with Crippen molar-refractivity contribution in [3.63, 3.8) is 0 Å². The third-order valence-corrected chi connectivity index (χ3v) is 3.33. The van der Waals surface area contributed by atoms with Crippen molar-refractivity contribution in [2.75, 3.05) is 5.73 Å². The van der Waals surface area contributed by atoms with Crippen LogP contribution < -0.4 is 5.73 Å². The molecule has 0 radical (unpaired) electrons. The van der Waals surface area contributed by atoms with E-state index in [0.717, 1.165) is 22.4 Å². The zero-order chi connectivity index (χ0) is 13.2. The number of hydrogen-bond acceptors (Lipinski definition) is 2. The molecule has 0 aliphatic rings. The zero-order valence-corrected chi connectivity index (χ0v) is 10.9. The molecule has 1 aromatic heterocycles. The van der Waals surface area contributed by atoms with E-state index < -0.39 is 0 Å². The number of nitrogen functional groups attached to an aromatic ring is 1. The van der Waals surface area contributed by atoms with Crippen LogP contribution in [0.3, 0.4) is 0 Å². The van der Waals surface area contributed by atoms with Crippen LogP contribution >= 0.6 is 11.6 Å². The second-order valence-corrected chi connectivity index (χ2v) is 4.61. The highest BCUT2D eigenvalue weighted by Crippen LogP contribution is 2.37. The number of nitrogens with zero attached hydrogens (tertiary/aromatic N) is 1. The van der Waals surface area contributed by atoms with Crippen molar-refractivity contribution < 1.29 is 0 Å². The fourth-order valence-electron chi connectivity index (χ4n) is 2.11. The van der Waals surface area contributed by atoms with Gasteiger partial charge < -0.3 is 5.73 Å². The fourth-order valence-corrected chi connectivity index (χ4v) is 2.34. The lowest BCUT2D eigenvalue weighted by Gasteiger charge is -2.06. The summed E-state index contributed by atoms with van der Waals surface area (Å²) in [5.41, 5.74) is 9.61. The molecule has 0 fully saturated rings. The lowest BCUT2D eigenvalue weighted by molar-refractivity contribution is 1.10. The minimum absolute atomic E-state index is 0.473. The number of H-pyrrole nitrogens is 1. The van der Waals surface area contributed by atoms with Gasteiger partial charge in [-0.25, -0.2) is 0 Å². The van der Waals surface area contributed by atoms with Gasteiger partial charge in [0.2, 0.25) is 0 Å². The lowest BCUT2D eigenvalue weighted by atomic mass is 10.0. The molecule has 0 spiro atoms. The van der Waals surface area contributed by atoms with Crippen LogP contribution in [0.1, 0.15) is 0 Å². The summed E-state index contributed by atoms with van der Waals surface area (Å²) >= 11 is 6.24. The van der Waals surface area contributed by atoms with Crippen LogP contribution in [0.2, 0.25) is 5.02 Å². The first-order valence-corrected chi connectivity index (χ1v) is 6.29. The van der Waals surface area contributed by atoms with E-state index in [-0.39, 0.29) is 0 Å². The lowest BCUT2D eigenvalue weighted by Crippen LogP contribution is -1.88. The average molecular weight is 270 g/mol. The number of rotatable bonds is 2. The summed E-state index contributed by atoms with van der Waals surface area (Å²) in [6, 6.07) is 17.5. The predicted molar refractivity (Wildman–Crippen MR) is 78.9 cm³/mol. The summed E-state index contributed by atoms with van der Waals surface area (Å²) in [5.74, 6) is 0.473. The van der Waals surface area contributed by atoms with Crippen LogP contribution in [0.15, 0.2) is 54.6 Å². The monoisotopic (exact) mass is 269 g/mol. The molecule has 2 aromatic carbocycles. The number of hydrogen-bond donors (Lipinski definition) is 2. The summed E-state index contributed by atoms with van der Waals surface area (Å²) in [4.78, 5) is 0. The van der Waals surface area contributed by atoms with E-state index >= 15 is 0 Å². The first-order chi connectivity index (χ1) is 9.27. The van der Waals surface area contributed by atoms with Crippen LogP contribution in [0.5, 0.6) is 0 Å². The molecule has 0 atom stereocenters. The Labute approximate surface area is 116 Å². The van der Waals surface area contributed by atoms with Crippen LogP contribution in [0.4, 0.5) is 5.82 Å². The minimum Gasteiger partial charge on any atom is -0.382 e. The molecule has 1 heterocycles. The Morgan fingerprint density at radius 2 is 1.63 bits per heavy atom. The summed E-state index contributed by atoms with van der Waals surface area (Å²) in [7, 11) is 0. The van der Waals surface area contributed by atoms with Crippen LogP contribution in [-0.2, 0) is 0 Å². The van der Waals surface area contributed by atoms with Crippen molar-refractivity contribution in [2.45, 2.75) is 0 Å². The molecule has 3 rings (SSSR count). The van der Waals surface area contributed by atoms with Crippen molar-refractivity contribution >= 4 is 17.4 Å². The van der Waals surface area contributed by atoms with Crippen LogP contribution in [0.25, 0.3) is 22.4 Å². The van der Waals surface area contributed by atoms with Gasteiger partial charge in [0.25, 0.3) is 0 Å². The van der Waals surface area contributed by atoms with Gasteiger partial charge in [-0.05, 0) is 11.6 Å². The quantitative estimate of drug-likeness (QED) is 0.739. The molecular formula is C15H12ClN3. The predicted octanol–water partition coefficient (Wildman–Crippen LogP) is 3.98. The zero-order valence-electron chi connectivity index (χ0n) is 10.1. The number of aromatic nitrogens is 2. The SMILES string of the molecule is Nc1n[nH]c(-c2ccccc2Cl)c1-c1ccccc1. The molecule has 0 saturated heterocycles. The third-order valence-electron chi connectivity index (χ3n) is 3.00. The molecular weight excluding hydrogens is 258 g/mol. The average Bonchev–Trinajstić information content (AvgIpc) is 2.82. The van der Waals surface area contributed by atoms with E-state index in [1.807, 2.05) is 54.6 Å². The number of benzene rings is 2. The smallest absolute Gasteiger partial charge is 0.153 e.